The number of hydrogen-bond acceptors (Lipinski definition) is 2. The van der Waals surface area contributed by atoms with Crippen LogP contribution in [-0.2, 0) is 7.05 Å². The Bertz CT molecular complexity index is 794. The molecule has 24 heavy (non-hydrogen) atoms. The Hall–Kier alpha value is -2.27. The van der Waals surface area contributed by atoms with Gasteiger partial charge in [-0.25, -0.2) is 4.79 Å². The first kappa shape index (κ1) is 16.6. The van der Waals surface area contributed by atoms with E-state index in [0.717, 1.165) is 24.1 Å². The van der Waals surface area contributed by atoms with Crippen LogP contribution < -0.4 is 10.6 Å². The zero-order valence-corrected chi connectivity index (χ0v) is 14.7. The number of rotatable bonds is 3. The molecule has 0 saturated heterocycles. The maximum Gasteiger partial charge on any atom is 0.324 e. The average Bonchev–Trinajstić information content (AvgIpc) is 2.84. The Morgan fingerprint density at radius 1 is 1.25 bits per heavy atom. The van der Waals surface area contributed by atoms with E-state index in [4.69, 9.17) is 11.6 Å². The van der Waals surface area contributed by atoms with Gasteiger partial charge in [-0.3, -0.25) is 10.00 Å². The molecule has 0 spiro atoms. The first-order valence-corrected chi connectivity index (χ1v) is 8.49. The van der Waals surface area contributed by atoms with Gasteiger partial charge in [0.05, 0.1) is 16.4 Å². The molecular weight excluding hydrogens is 324 g/mol. The number of carbonyl (C=O) groups excluding carboxylic acids is 1. The van der Waals surface area contributed by atoms with Gasteiger partial charge in [-0.15, -0.1) is 0 Å². The lowest BCUT2D eigenvalue weighted by molar-refractivity contribution is 0.262. The van der Waals surface area contributed by atoms with Gasteiger partial charge >= 0.3 is 6.03 Å². The van der Waals surface area contributed by atoms with E-state index in [0.29, 0.717) is 16.5 Å². The first-order valence-electron chi connectivity index (χ1n) is 8.12. The van der Waals surface area contributed by atoms with Crippen molar-refractivity contribution in [1.82, 2.24) is 9.78 Å². The second kappa shape index (κ2) is 7.09. The molecular formula is C18H21ClN4O. The van der Waals surface area contributed by atoms with E-state index < -0.39 is 0 Å². The predicted octanol–water partition coefficient (Wildman–Crippen LogP) is 4.98. The topological polar surface area (TPSA) is 59.0 Å². The summed E-state index contributed by atoms with van der Waals surface area (Å²) in [6.45, 7) is 1.97. The van der Waals surface area contributed by atoms with E-state index in [9.17, 15) is 4.79 Å². The third-order valence-corrected chi connectivity index (χ3v) is 4.52. The summed E-state index contributed by atoms with van der Waals surface area (Å²) in [6, 6.07) is 6.83. The van der Waals surface area contributed by atoms with Gasteiger partial charge in [0.15, 0.2) is 0 Å². The molecule has 0 fully saturated rings. The monoisotopic (exact) mass is 344 g/mol. The lowest BCUT2D eigenvalue weighted by Crippen LogP contribution is -2.22. The van der Waals surface area contributed by atoms with Gasteiger partial charge in [-0.2, -0.15) is 5.10 Å². The zero-order valence-electron chi connectivity index (χ0n) is 13.9. The van der Waals surface area contributed by atoms with Crippen LogP contribution in [-0.4, -0.2) is 15.8 Å². The van der Waals surface area contributed by atoms with Crippen molar-refractivity contribution in [2.75, 3.05) is 10.6 Å². The maximum atomic E-state index is 12.4. The zero-order chi connectivity index (χ0) is 17.1. The summed E-state index contributed by atoms with van der Waals surface area (Å²) in [5, 5.41) is 10.7. The fraction of sp³-hybridized carbons (Fsp3) is 0.333. The average molecular weight is 345 g/mol. The highest BCUT2D eigenvalue weighted by Crippen LogP contribution is 2.33. The normalized spacial score (nSPS) is 14.2. The number of carbonyl (C=O) groups is 1. The number of aryl methyl sites for hydroxylation is 2. The van der Waals surface area contributed by atoms with Gasteiger partial charge in [-0.1, -0.05) is 29.8 Å². The number of hydrogen-bond donors (Lipinski definition) is 2. The van der Waals surface area contributed by atoms with E-state index in [1.807, 2.05) is 26.1 Å². The molecule has 126 valence electrons. The summed E-state index contributed by atoms with van der Waals surface area (Å²) in [6.07, 6.45) is 6.75. The lowest BCUT2D eigenvalue weighted by atomic mass is 9.93. The third-order valence-electron chi connectivity index (χ3n) is 4.19. The molecule has 0 atom stereocenters. The van der Waals surface area contributed by atoms with Crippen LogP contribution in [0.25, 0.3) is 5.57 Å². The lowest BCUT2D eigenvalue weighted by Gasteiger charge is -2.15. The molecule has 1 heterocycles. The number of halogens is 1. The summed E-state index contributed by atoms with van der Waals surface area (Å²) < 4.78 is 1.71. The number of amides is 2. The van der Waals surface area contributed by atoms with E-state index in [1.54, 1.807) is 16.8 Å². The Morgan fingerprint density at radius 2 is 2.04 bits per heavy atom. The minimum Gasteiger partial charge on any atom is -0.306 e. The Balaban J connectivity index is 1.83. The van der Waals surface area contributed by atoms with Crippen molar-refractivity contribution in [2.45, 2.75) is 32.6 Å². The van der Waals surface area contributed by atoms with Crippen LogP contribution in [0.3, 0.4) is 0 Å². The van der Waals surface area contributed by atoms with E-state index in [1.165, 1.54) is 18.4 Å². The summed E-state index contributed by atoms with van der Waals surface area (Å²) in [4.78, 5) is 12.4. The summed E-state index contributed by atoms with van der Waals surface area (Å²) in [5.41, 5.74) is 3.80. The number of nitrogens with one attached hydrogen (secondary N) is 2. The standard InChI is InChI=1S/C18H21ClN4O/c1-12-16(13-8-4-3-5-9-13)17(23(2)22-12)21-18(24)20-15-11-7-6-10-14(15)19/h6-8,10-11H,3-5,9H2,1-2H3,(H2,20,21,24). The van der Waals surface area contributed by atoms with Crippen LogP contribution in [0.2, 0.25) is 5.02 Å². The van der Waals surface area contributed by atoms with Gasteiger partial charge in [0, 0.05) is 12.6 Å². The number of urea groups is 1. The molecule has 5 nitrogen and oxygen atoms in total. The van der Waals surface area contributed by atoms with Gasteiger partial charge in [0.25, 0.3) is 0 Å². The van der Waals surface area contributed by atoms with E-state index >= 15 is 0 Å². The smallest absolute Gasteiger partial charge is 0.306 e. The quantitative estimate of drug-likeness (QED) is 0.824. The summed E-state index contributed by atoms with van der Waals surface area (Å²) in [5.74, 6) is 0.713. The third kappa shape index (κ3) is 3.46. The molecule has 3 rings (SSSR count). The summed E-state index contributed by atoms with van der Waals surface area (Å²) >= 11 is 6.09. The van der Waals surface area contributed by atoms with Crippen LogP contribution >= 0.6 is 11.6 Å². The predicted molar refractivity (Wildman–Crippen MR) is 98.5 cm³/mol. The number of allylic oxidation sites excluding steroid dienone is 2. The van der Waals surface area contributed by atoms with Crippen molar-refractivity contribution in [3.05, 3.63) is 46.6 Å². The molecule has 1 aromatic heterocycles. The van der Waals surface area contributed by atoms with Crippen LogP contribution in [0.15, 0.2) is 30.3 Å². The summed E-state index contributed by atoms with van der Waals surface area (Å²) in [7, 11) is 1.84. The van der Waals surface area contributed by atoms with Crippen molar-refractivity contribution >= 4 is 34.7 Å². The largest absolute Gasteiger partial charge is 0.324 e. The highest BCUT2D eigenvalue weighted by molar-refractivity contribution is 6.33. The Labute approximate surface area is 146 Å². The molecule has 1 aromatic carbocycles. The van der Waals surface area contributed by atoms with Crippen LogP contribution in [0.5, 0.6) is 0 Å². The van der Waals surface area contributed by atoms with E-state index in [-0.39, 0.29) is 6.03 Å². The Kier molecular flexibility index (Phi) is 4.90. The van der Waals surface area contributed by atoms with Crippen molar-refractivity contribution in [1.29, 1.82) is 0 Å². The van der Waals surface area contributed by atoms with Gasteiger partial charge in [-0.05, 0) is 50.3 Å². The highest BCUT2D eigenvalue weighted by atomic mass is 35.5. The number of aromatic nitrogens is 2. The molecule has 6 heteroatoms. The van der Waals surface area contributed by atoms with Crippen molar-refractivity contribution in [2.24, 2.45) is 7.05 Å². The first-order chi connectivity index (χ1) is 11.6. The van der Waals surface area contributed by atoms with Crippen LogP contribution in [0, 0.1) is 6.92 Å². The minimum absolute atomic E-state index is 0.330. The number of benzene rings is 1. The van der Waals surface area contributed by atoms with Crippen LogP contribution in [0.4, 0.5) is 16.3 Å². The molecule has 2 aromatic rings. The second-order valence-electron chi connectivity index (χ2n) is 5.97. The van der Waals surface area contributed by atoms with Crippen molar-refractivity contribution in [3.63, 3.8) is 0 Å². The molecule has 1 aliphatic rings. The molecule has 0 aliphatic heterocycles. The number of anilines is 2. The van der Waals surface area contributed by atoms with Gasteiger partial charge in [0.1, 0.15) is 5.82 Å². The molecule has 0 unspecified atom stereocenters. The Morgan fingerprint density at radius 3 is 2.75 bits per heavy atom. The maximum absolute atomic E-state index is 12.4. The fourth-order valence-corrected chi connectivity index (χ4v) is 3.26. The molecule has 0 bridgehead atoms. The van der Waals surface area contributed by atoms with E-state index in [2.05, 4.69) is 21.8 Å². The minimum atomic E-state index is -0.330. The fourth-order valence-electron chi connectivity index (χ4n) is 3.07. The number of nitrogens with zero attached hydrogens (tertiary/aromatic N) is 2. The molecule has 0 radical (unpaired) electrons. The molecule has 2 N–H and O–H groups in total. The second-order valence-corrected chi connectivity index (χ2v) is 6.37. The van der Waals surface area contributed by atoms with Gasteiger partial charge in [0.2, 0.25) is 0 Å². The highest BCUT2D eigenvalue weighted by Gasteiger charge is 2.20. The molecule has 1 aliphatic carbocycles. The van der Waals surface area contributed by atoms with Crippen LogP contribution in [0.1, 0.15) is 36.9 Å². The molecule has 2 amide bonds. The van der Waals surface area contributed by atoms with Gasteiger partial charge < -0.3 is 5.32 Å². The number of para-hydroxylation sites is 1. The van der Waals surface area contributed by atoms with Crippen molar-refractivity contribution in [3.8, 4) is 0 Å². The SMILES string of the molecule is Cc1nn(C)c(NC(=O)Nc2ccccc2Cl)c1C1=CCCCC1. The molecule has 0 saturated carbocycles. The van der Waals surface area contributed by atoms with Crippen molar-refractivity contribution < 1.29 is 4.79 Å².